The van der Waals surface area contributed by atoms with Gasteiger partial charge < -0.3 is 0 Å². The lowest BCUT2D eigenvalue weighted by atomic mass is 10.2. The zero-order chi connectivity index (χ0) is 8.91. The van der Waals surface area contributed by atoms with Crippen molar-refractivity contribution in [2.75, 3.05) is 6.26 Å². The van der Waals surface area contributed by atoms with Crippen LogP contribution in [0.2, 0.25) is 0 Å². The van der Waals surface area contributed by atoms with Crippen LogP contribution in [0.4, 0.5) is 13.2 Å². The lowest BCUT2D eigenvalue weighted by Gasteiger charge is -2.14. The second-order valence-corrected chi connectivity index (χ2v) is 4.88. The van der Waals surface area contributed by atoms with Crippen LogP contribution in [0.5, 0.6) is 0 Å². The largest absolute Gasteiger partial charge is 0.390 e. The van der Waals surface area contributed by atoms with Crippen LogP contribution >= 0.6 is 21.6 Å². The normalized spacial score (nSPS) is 15.0. The molecular formula is C6H11F3S2. The molecule has 0 aliphatic heterocycles. The Morgan fingerprint density at radius 1 is 1.36 bits per heavy atom. The summed E-state index contributed by atoms with van der Waals surface area (Å²) in [6.07, 6.45) is -2.31. The molecule has 0 aliphatic rings. The van der Waals surface area contributed by atoms with E-state index in [9.17, 15) is 13.2 Å². The quantitative estimate of drug-likeness (QED) is 0.640. The van der Waals surface area contributed by atoms with Gasteiger partial charge in [-0.1, -0.05) is 28.5 Å². The van der Waals surface area contributed by atoms with Crippen molar-refractivity contribution in [2.45, 2.75) is 31.2 Å². The molecule has 0 saturated heterocycles. The minimum Gasteiger partial charge on any atom is -0.171 e. The van der Waals surface area contributed by atoms with Gasteiger partial charge in [0.1, 0.15) is 0 Å². The zero-order valence-corrected chi connectivity index (χ0v) is 8.07. The van der Waals surface area contributed by atoms with E-state index in [1.165, 1.54) is 21.6 Å². The first-order chi connectivity index (χ1) is 4.99. The molecule has 0 unspecified atom stereocenters. The lowest BCUT2D eigenvalue weighted by Crippen LogP contribution is -2.15. The van der Waals surface area contributed by atoms with Crippen molar-refractivity contribution in [3.8, 4) is 0 Å². The maximum Gasteiger partial charge on any atom is 0.390 e. The van der Waals surface area contributed by atoms with Gasteiger partial charge in [0.15, 0.2) is 0 Å². The standard InChI is InChI=1S/C6H11F3S2/c1-3-5(11-10-2)4-6(7,8)9/h5H,3-4H2,1-2H3/t5-/m0/s1. The van der Waals surface area contributed by atoms with Gasteiger partial charge in [0, 0.05) is 5.25 Å². The number of hydrogen-bond donors (Lipinski definition) is 0. The summed E-state index contributed by atoms with van der Waals surface area (Å²) in [5.41, 5.74) is 0. The molecule has 0 aromatic carbocycles. The van der Waals surface area contributed by atoms with E-state index in [1.54, 1.807) is 13.2 Å². The highest BCUT2D eigenvalue weighted by Gasteiger charge is 2.31. The van der Waals surface area contributed by atoms with Crippen LogP contribution in [-0.4, -0.2) is 17.7 Å². The molecule has 0 heterocycles. The molecule has 0 N–H and O–H groups in total. The molecule has 0 amide bonds. The third-order valence-corrected chi connectivity index (χ3v) is 3.51. The van der Waals surface area contributed by atoms with E-state index >= 15 is 0 Å². The Morgan fingerprint density at radius 3 is 2.18 bits per heavy atom. The van der Waals surface area contributed by atoms with Gasteiger partial charge in [-0.3, -0.25) is 0 Å². The summed E-state index contributed by atoms with van der Waals surface area (Å²) >= 11 is 0. The van der Waals surface area contributed by atoms with Gasteiger partial charge in [0.2, 0.25) is 0 Å². The van der Waals surface area contributed by atoms with Gasteiger partial charge in [-0.05, 0) is 12.7 Å². The molecular weight excluding hydrogens is 193 g/mol. The van der Waals surface area contributed by atoms with Crippen LogP contribution in [-0.2, 0) is 0 Å². The fourth-order valence-electron chi connectivity index (χ4n) is 0.641. The van der Waals surface area contributed by atoms with Crippen molar-refractivity contribution >= 4 is 21.6 Å². The summed E-state index contributed by atoms with van der Waals surface area (Å²) in [5, 5.41) is -0.287. The first kappa shape index (κ1) is 11.5. The predicted molar refractivity (Wildman–Crippen MR) is 45.9 cm³/mol. The van der Waals surface area contributed by atoms with Crippen LogP contribution < -0.4 is 0 Å². The maximum atomic E-state index is 11.8. The smallest absolute Gasteiger partial charge is 0.171 e. The summed E-state index contributed by atoms with van der Waals surface area (Å²) in [5.74, 6) is 0. The van der Waals surface area contributed by atoms with Gasteiger partial charge in [0.05, 0.1) is 6.42 Å². The fourth-order valence-corrected chi connectivity index (χ4v) is 2.73. The minimum atomic E-state index is -4.01. The topological polar surface area (TPSA) is 0 Å². The number of hydrogen-bond acceptors (Lipinski definition) is 2. The Hall–Kier alpha value is 0.490. The lowest BCUT2D eigenvalue weighted by molar-refractivity contribution is -0.134. The molecule has 0 fully saturated rings. The Morgan fingerprint density at radius 2 is 1.91 bits per heavy atom. The van der Waals surface area contributed by atoms with Crippen LogP contribution in [0.1, 0.15) is 19.8 Å². The van der Waals surface area contributed by atoms with Crippen molar-refractivity contribution in [3.05, 3.63) is 0 Å². The third kappa shape index (κ3) is 6.87. The highest BCUT2D eigenvalue weighted by Crippen LogP contribution is 2.34. The Balaban J connectivity index is 3.68. The van der Waals surface area contributed by atoms with Crippen LogP contribution in [0, 0.1) is 0 Å². The van der Waals surface area contributed by atoms with Crippen LogP contribution in [0.3, 0.4) is 0 Å². The van der Waals surface area contributed by atoms with E-state index in [1.807, 2.05) is 0 Å². The summed E-state index contributed by atoms with van der Waals surface area (Å²) in [6, 6.07) is 0. The predicted octanol–water partition coefficient (Wildman–Crippen LogP) is 3.73. The Labute approximate surface area is 72.7 Å². The van der Waals surface area contributed by atoms with E-state index < -0.39 is 12.6 Å². The average Bonchev–Trinajstić information content (AvgIpc) is 1.84. The van der Waals surface area contributed by atoms with Crippen LogP contribution in [0.15, 0.2) is 0 Å². The molecule has 0 bridgehead atoms. The van der Waals surface area contributed by atoms with Crippen molar-refractivity contribution in [3.63, 3.8) is 0 Å². The first-order valence-electron chi connectivity index (χ1n) is 3.25. The maximum absolute atomic E-state index is 11.8. The third-order valence-electron chi connectivity index (χ3n) is 1.15. The molecule has 0 aromatic heterocycles. The Bertz CT molecular complexity index is 102. The van der Waals surface area contributed by atoms with Crippen molar-refractivity contribution < 1.29 is 13.2 Å². The number of alkyl halides is 3. The molecule has 0 aliphatic carbocycles. The van der Waals surface area contributed by atoms with Crippen molar-refractivity contribution in [1.29, 1.82) is 0 Å². The summed E-state index contributed by atoms with van der Waals surface area (Å²) < 4.78 is 35.4. The summed E-state index contributed by atoms with van der Waals surface area (Å²) in [4.78, 5) is 0. The molecule has 5 heteroatoms. The number of halogens is 3. The molecule has 0 radical (unpaired) electrons. The highest BCUT2D eigenvalue weighted by molar-refractivity contribution is 8.76. The molecule has 0 rings (SSSR count). The molecule has 0 nitrogen and oxygen atoms in total. The van der Waals surface area contributed by atoms with E-state index in [2.05, 4.69) is 0 Å². The van der Waals surface area contributed by atoms with Gasteiger partial charge in [0.25, 0.3) is 0 Å². The molecule has 1 atom stereocenters. The number of rotatable bonds is 4. The second-order valence-electron chi connectivity index (χ2n) is 2.11. The molecule has 11 heavy (non-hydrogen) atoms. The minimum absolute atomic E-state index is 0.287. The summed E-state index contributed by atoms with van der Waals surface area (Å²) in [7, 11) is 2.69. The monoisotopic (exact) mass is 204 g/mol. The van der Waals surface area contributed by atoms with Gasteiger partial charge in [-0.15, -0.1) is 0 Å². The Kier molecular flexibility index (Phi) is 5.42. The summed E-state index contributed by atoms with van der Waals surface area (Å²) in [6.45, 7) is 1.78. The van der Waals surface area contributed by atoms with Gasteiger partial charge in [-0.25, -0.2) is 0 Å². The van der Waals surface area contributed by atoms with E-state index in [4.69, 9.17) is 0 Å². The van der Waals surface area contributed by atoms with Gasteiger partial charge >= 0.3 is 6.18 Å². The van der Waals surface area contributed by atoms with E-state index in [0.717, 1.165) is 0 Å². The molecule has 0 saturated carbocycles. The molecule has 0 aromatic rings. The zero-order valence-electron chi connectivity index (χ0n) is 6.44. The average molecular weight is 204 g/mol. The van der Waals surface area contributed by atoms with Crippen molar-refractivity contribution in [2.24, 2.45) is 0 Å². The van der Waals surface area contributed by atoms with E-state index in [-0.39, 0.29) is 5.25 Å². The van der Waals surface area contributed by atoms with Gasteiger partial charge in [-0.2, -0.15) is 13.2 Å². The van der Waals surface area contributed by atoms with E-state index in [0.29, 0.717) is 6.42 Å². The molecule has 0 spiro atoms. The molecule has 68 valence electrons. The van der Waals surface area contributed by atoms with Crippen LogP contribution in [0.25, 0.3) is 0 Å². The first-order valence-corrected chi connectivity index (χ1v) is 5.88. The SMILES string of the molecule is CC[C@@H](CC(F)(F)F)SSC. The highest BCUT2D eigenvalue weighted by atomic mass is 33.1. The van der Waals surface area contributed by atoms with Crippen molar-refractivity contribution in [1.82, 2.24) is 0 Å². The second kappa shape index (κ2) is 5.19. The fraction of sp³-hybridized carbons (Fsp3) is 1.00.